The number of aromatic nitrogens is 3. The summed E-state index contributed by atoms with van der Waals surface area (Å²) in [5.74, 6) is -0.433. The molecule has 4 aromatic rings. The van der Waals surface area contributed by atoms with E-state index in [2.05, 4.69) is 4.98 Å². The van der Waals surface area contributed by atoms with E-state index in [1.54, 1.807) is 16.8 Å². The second kappa shape index (κ2) is 5.98. The van der Waals surface area contributed by atoms with Gasteiger partial charge in [-0.2, -0.15) is 4.39 Å². The SMILES string of the molecule is CCCn1cc2nc3c(-c4cc(C)cnc4F)cccc3c(N)c2c1O. The van der Waals surface area contributed by atoms with Gasteiger partial charge in [0.1, 0.15) is 0 Å². The molecule has 0 spiro atoms. The minimum absolute atomic E-state index is 0.113. The molecular formula is C20H19FN4O. The van der Waals surface area contributed by atoms with E-state index in [4.69, 9.17) is 10.7 Å². The number of nitrogen functional groups attached to an aromatic ring is 1. The Morgan fingerprint density at radius 3 is 2.85 bits per heavy atom. The van der Waals surface area contributed by atoms with Crippen LogP contribution in [-0.4, -0.2) is 19.6 Å². The van der Waals surface area contributed by atoms with Crippen LogP contribution in [0.4, 0.5) is 10.1 Å². The second-order valence-corrected chi connectivity index (χ2v) is 6.48. The van der Waals surface area contributed by atoms with Crippen molar-refractivity contribution < 1.29 is 9.50 Å². The van der Waals surface area contributed by atoms with Crippen LogP contribution < -0.4 is 5.73 Å². The number of aryl methyl sites for hydroxylation is 2. The highest BCUT2D eigenvalue weighted by molar-refractivity contribution is 6.12. The molecular weight excluding hydrogens is 331 g/mol. The maximum absolute atomic E-state index is 14.4. The fourth-order valence-electron chi connectivity index (χ4n) is 3.38. The number of para-hydroxylation sites is 1. The van der Waals surface area contributed by atoms with Crippen LogP contribution in [0.25, 0.3) is 32.9 Å². The Bertz CT molecular complexity index is 1150. The monoisotopic (exact) mass is 350 g/mol. The lowest BCUT2D eigenvalue weighted by Crippen LogP contribution is -1.96. The van der Waals surface area contributed by atoms with Gasteiger partial charge in [0.05, 0.1) is 22.1 Å². The predicted molar refractivity (Wildman–Crippen MR) is 102 cm³/mol. The molecule has 3 aromatic heterocycles. The molecule has 0 aliphatic carbocycles. The lowest BCUT2D eigenvalue weighted by molar-refractivity contribution is 0.421. The van der Waals surface area contributed by atoms with Gasteiger partial charge in [0, 0.05) is 35.5 Å². The van der Waals surface area contributed by atoms with E-state index in [9.17, 15) is 9.50 Å². The highest BCUT2D eigenvalue weighted by Gasteiger charge is 2.18. The Kier molecular flexibility index (Phi) is 3.76. The first-order valence-electron chi connectivity index (χ1n) is 8.53. The molecule has 0 aliphatic rings. The number of fused-ring (bicyclic) bond motifs is 2. The number of anilines is 1. The highest BCUT2D eigenvalue weighted by Crippen LogP contribution is 2.39. The molecule has 3 heterocycles. The van der Waals surface area contributed by atoms with Crippen LogP contribution in [0.2, 0.25) is 0 Å². The maximum Gasteiger partial charge on any atom is 0.220 e. The molecule has 0 bridgehead atoms. The van der Waals surface area contributed by atoms with Crippen LogP contribution >= 0.6 is 0 Å². The van der Waals surface area contributed by atoms with Crippen molar-refractivity contribution in [2.45, 2.75) is 26.8 Å². The topological polar surface area (TPSA) is 77.0 Å². The lowest BCUT2D eigenvalue weighted by atomic mass is 10.0. The third kappa shape index (κ3) is 2.37. The quantitative estimate of drug-likeness (QED) is 0.537. The van der Waals surface area contributed by atoms with Crippen molar-refractivity contribution in [1.82, 2.24) is 14.5 Å². The molecule has 1 aromatic carbocycles. The molecule has 0 saturated heterocycles. The van der Waals surface area contributed by atoms with Crippen molar-refractivity contribution in [3.8, 4) is 17.0 Å². The summed E-state index contributed by atoms with van der Waals surface area (Å²) in [5, 5.41) is 11.7. The van der Waals surface area contributed by atoms with E-state index in [1.807, 2.05) is 32.0 Å². The Hall–Kier alpha value is -3.15. The van der Waals surface area contributed by atoms with Gasteiger partial charge in [-0.15, -0.1) is 0 Å². The van der Waals surface area contributed by atoms with Gasteiger partial charge in [-0.3, -0.25) is 0 Å². The number of benzene rings is 1. The Morgan fingerprint density at radius 1 is 1.27 bits per heavy atom. The molecule has 0 amide bonds. The minimum atomic E-state index is -0.546. The van der Waals surface area contributed by atoms with Crippen LogP contribution in [0.15, 0.2) is 36.7 Å². The summed E-state index contributed by atoms with van der Waals surface area (Å²) < 4.78 is 16.1. The summed E-state index contributed by atoms with van der Waals surface area (Å²) in [6.07, 6.45) is 4.15. The predicted octanol–water partition coefficient (Wildman–Crippen LogP) is 4.40. The molecule has 0 saturated carbocycles. The van der Waals surface area contributed by atoms with Crippen molar-refractivity contribution >= 4 is 27.5 Å². The molecule has 0 radical (unpaired) electrons. The van der Waals surface area contributed by atoms with Crippen LogP contribution in [0.5, 0.6) is 5.88 Å². The van der Waals surface area contributed by atoms with E-state index in [0.29, 0.717) is 45.2 Å². The van der Waals surface area contributed by atoms with Gasteiger partial charge in [-0.05, 0) is 25.0 Å². The molecule has 0 fully saturated rings. The van der Waals surface area contributed by atoms with Crippen LogP contribution in [0.1, 0.15) is 18.9 Å². The summed E-state index contributed by atoms with van der Waals surface area (Å²) in [6.45, 7) is 4.56. The maximum atomic E-state index is 14.4. The van der Waals surface area contributed by atoms with E-state index in [1.165, 1.54) is 6.20 Å². The van der Waals surface area contributed by atoms with Gasteiger partial charge in [-0.25, -0.2) is 9.97 Å². The first kappa shape index (κ1) is 16.3. The van der Waals surface area contributed by atoms with E-state index >= 15 is 0 Å². The van der Waals surface area contributed by atoms with Crippen molar-refractivity contribution in [3.05, 3.63) is 48.2 Å². The number of hydrogen-bond acceptors (Lipinski definition) is 4. The van der Waals surface area contributed by atoms with Gasteiger partial charge in [0.25, 0.3) is 0 Å². The molecule has 4 rings (SSSR count). The first-order chi connectivity index (χ1) is 12.5. The number of nitrogens with zero attached hydrogens (tertiary/aromatic N) is 3. The number of halogens is 1. The number of pyridine rings is 2. The highest BCUT2D eigenvalue weighted by atomic mass is 19.1. The van der Waals surface area contributed by atoms with Crippen molar-refractivity contribution in [3.63, 3.8) is 0 Å². The van der Waals surface area contributed by atoms with E-state index in [-0.39, 0.29) is 5.88 Å². The Balaban J connectivity index is 2.08. The molecule has 0 unspecified atom stereocenters. The van der Waals surface area contributed by atoms with Crippen LogP contribution in [-0.2, 0) is 6.54 Å². The average molecular weight is 350 g/mol. The third-order valence-corrected chi connectivity index (χ3v) is 4.59. The molecule has 0 atom stereocenters. The fourth-order valence-corrected chi connectivity index (χ4v) is 3.38. The minimum Gasteiger partial charge on any atom is -0.494 e. The van der Waals surface area contributed by atoms with Gasteiger partial charge in [0.15, 0.2) is 0 Å². The number of nitrogens with two attached hydrogens (primary N) is 1. The Morgan fingerprint density at radius 2 is 2.08 bits per heavy atom. The smallest absolute Gasteiger partial charge is 0.220 e. The van der Waals surface area contributed by atoms with Gasteiger partial charge >= 0.3 is 0 Å². The fraction of sp³-hybridized carbons (Fsp3) is 0.200. The number of rotatable bonds is 3. The van der Waals surface area contributed by atoms with Gasteiger partial charge in [-0.1, -0.05) is 25.1 Å². The molecule has 3 N–H and O–H groups in total. The zero-order valence-corrected chi connectivity index (χ0v) is 14.6. The van der Waals surface area contributed by atoms with Crippen molar-refractivity contribution in [1.29, 1.82) is 0 Å². The van der Waals surface area contributed by atoms with Crippen molar-refractivity contribution in [2.75, 3.05) is 5.73 Å². The molecule has 5 nitrogen and oxygen atoms in total. The summed E-state index contributed by atoms with van der Waals surface area (Å²) in [5.41, 5.74) is 9.87. The normalized spacial score (nSPS) is 11.5. The molecule has 132 valence electrons. The van der Waals surface area contributed by atoms with E-state index in [0.717, 1.165) is 12.0 Å². The first-order valence-corrected chi connectivity index (χ1v) is 8.53. The number of hydrogen-bond donors (Lipinski definition) is 2. The number of aromatic hydroxyl groups is 1. The Labute approximate surface area is 149 Å². The van der Waals surface area contributed by atoms with E-state index < -0.39 is 5.95 Å². The lowest BCUT2D eigenvalue weighted by Gasteiger charge is -2.10. The zero-order chi connectivity index (χ0) is 18.4. The summed E-state index contributed by atoms with van der Waals surface area (Å²) in [7, 11) is 0. The average Bonchev–Trinajstić information content (AvgIpc) is 2.93. The van der Waals surface area contributed by atoms with Crippen LogP contribution in [0, 0.1) is 12.9 Å². The largest absolute Gasteiger partial charge is 0.494 e. The summed E-state index contributed by atoms with van der Waals surface area (Å²) in [4.78, 5) is 8.51. The zero-order valence-electron chi connectivity index (χ0n) is 14.6. The second-order valence-electron chi connectivity index (χ2n) is 6.48. The van der Waals surface area contributed by atoms with Crippen molar-refractivity contribution in [2.24, 2.45) is 0 Å². The van der Waals surface area contributed by atoms with Gasteiger partial charge in [0.2, 0.25) is 11.8 Å². The van der Waals surface area contributed by atoms with Gasteiger partial charge < -0.3 is 15.4 Å². The van der Waals surface area contributed by atoms with Crippen LogP contribution in [0.3, 0.4) is 0 Å². The molecule has 6 heteroatoms. The standard InChI is InChI=1S/C20H19FN4O/c1-3-7-25-10-15-16(20(25)26)17(22)13-6-4-5-12(18(13)24-15)14-8-11(2)9-23-19(14)21/h4-6,8-10,26H,3,7,22H2,1-2H3. The summed E-state index contributed by atoms with van der Waals surface area (Å²) in [6, 6.07) is 7.20. The third-order valence-electron chi connectivity index (χ3n) is 4.59. The molecule has 26 heavy (non-hydrogen) atoms. The molecule has 0 aliphatic heterocycles. The summed E-state index contributed by atoms with van der Waals surface area (Å²) >= 11 is 0.